The number of hydrogen-bond acceptors (Lipinski definition) is 5. The molecule has 1 aromatic heterocycles. The third kappa shape index (κ3) is 3.21. The molecule has 24 heavy (non-hydrogen) atoms. The van der Waals surface area contributed by atoms with Crippen molar-refractivity contribution in [2.75, 3.05) is 18.2 Å². The number of aromatic nitrogens is 2. The molecular formula is C17H17N3O3S. The molecular weight excluding hydrogens is 326 g/mol. The molecule has 7 heteroatoms. The maximum absolute atomic E-state index is 12.4. The third-order valence-electron chi connectivity index (χ3n) is 3.77. The zero-order valence-electron chi connectivity index (χ0n) is 13.2. The second-order valence-electron chi connectivity index (χ2n) is 5.31. The average molecular weight is 343 g/mol. The van der Waals surface area contributed by atoms with E-state index in [2.05, 4.69) is 21.9 Å². The Bertz CT molecular complexity index is 830. The van der Waals surface area contributed by atoms with Crippen LogP contribution in [-0.4, -0.2) is 28.7 Å². The van der Waals surface area contributed by atoms with Crippen molar-refractivity contribution in [1.29, 1.82) is 0 Å². The summed E-state index contributed by atoms with van der Waals surface area (Å²) in [6.07, 6.45) is 3.70. The number of fused-ring (bicyclic) bond motifs is 1. The zero-order chi connectivity index (χ0) is 17.1. The number of amides is 1. The van der Waals surface area contributed by atoms with Crippen LogP contribution in [0.2, 0.25) is 0 Å². The zero-order valence-corrected chi connectivity index (χ0v) is 14.0. The number of anilines is 1. The number of ether oxygens (including phenoxy) is 1. The van der Waals surface area contributed by atoms with Crippen LogP contribution in [-0.2, 0) is 4.79 Å². The van der Waals surface area contributed by atoms with Gasteiger partial charge in [0, 0.05) is 12.3 Å². The summed E-state index contributed by atoms with van der Waals surface area (Å²) in [5.74, 6) is 0.583. The number of aromatic amines is 1. The lowest BCUT2D eigenvalue weighted by Gasteiger charge is -2.24. The largest absolute Gasteiger partial charge is 0.490 e. The summed E-state index contributed by atoms with van der Waals surface area (Å²) < 4.78 is 5.46. The van der Waals surface area contributed by atoms with Crippen LogP contribution in [0.4, 0.5) is 5.82 Å². The van der Waals surface area contributed by atoms with Gasteiger partial charge in [0.2, 0.25) is 5.91 Å². The Morgan fingerprint density at radius 3 is 2.79 bits per heavy atom. The monoisotopic (exact) mass is 343 g/mol. The molecule has 0 spiro atoms. The van der Waals surface area contributed by atoms with Crippen molar-refractivity contribution in [2.45, 2.75) is 17.5 Å². The lowest BCUT2D eigenvalue weighted by Crippen LogP contribution is -2.31. The summed E-state index contributed by atoms with van der Waals surface area (Å²) in [5, 5.41) is 3.17. The van der Waals surface area contributed by atoms with Crippen molar-refractivity contribution in [3.8, 4) is 5.75 Å². The molecule has 1 atom stereocenters. The van der Waals surface area contributed by atoms with E-state index in [1.165, 1.54) is 11.8 Å². The third-order valence-corrected chi connectivity index (χ3v) is 4.35. The Hall–Kier alpha value is -2.54. The molecule has 1 aromatic carbocycles. The molecule has 1 amide bonds. The van der Waals surface area contributed by atoms with E-state index in [4.69, 9.17) is 4.74 Å². The predicted octanol–water partition coefficient (Wildman–Crippen LogP) is 2.53. The van der Waals surface area contributed by atoms with E-state index in [0.29, 0.717) is 28.9 Å². The molecule has 124 valence electrons. The van der Waals surface area contributed by atoms with Gasteiger partial charge < -0.3 is 15.0 Å². The van der Waals surface area contributed by atoms with Crippen LogP contribution in [0.15, 0.2) is 46.9 Å². The summed E-state index contributed by atoms with van der Waals surface area (Å²) in [5.41, 5.74) is 1.15. The molecule has 6 nitrogen and oxygen atoms in total. The summed E-state index contributed by atoms with van der Waals surface area (Å²) >= 11 is 1.32. The summed E-state index contributed by atoms with van der Waals surface area (Å²) in [6.45, 7) is 4.03. The average Bonchev–Trinajstić information content (AvgIpc) is 2.59. The topological polar surface area (TPSA) is 84.1 Å². The van der Waals surface area contributed by atoms with Crippen LogP contribution in [0.5, 0.6) is 5.75 Å². The van der Waals surface area contributed by atoms with Gasteiger partial charge in [0.1, 0.15) is 18.2 Å². The van der Waals surface area contributed by atoms with Gasteiger partial charge >= 0.3 is 0 Å². The fourth-order valence-corrected chi connectivity index (χ4v) is 3.06. The Morgan fingerprint density at radius 1 is 1.38 bits per heavy atom. The minimum absolute atomic E-state index is 0.148. The van der Waals surface area contributed by atoms with Crippen molar-refractivity contribution in [3.05, 3.63) is 58.4 Å². The molecule has 0 radical (unpaired) electrons. The number of rotatable bonds is 5. The number of carbonyl (C=O) groups excluding carboxylic acids is 1. The van der Waals surface area contributed by atoms with E-state index < -0.39 is 0 Å². The molecule has 0 saturated carbocycles. The standard InChI is InChI=1S/C17H17N3O3S/c1-3-8-23-11-6-4-10(5-7-11)12-9-13(21)18-15-14(12)16(22)20-17(19-15)24-2/h3-7,12H,1,8-9H2,2H3,(H2,18,19,20,21,22). The van der Waals surface area contributed by atoms with E-state index in [1.54, 1.807) is 6.08 Å². The van der Waals surface area contributed by atoms with Gasteiger partial charge in [-0.25, -0.2) is 4.98 Å². The molecule has 0 bridgehead atoms. The number of hydrogen-bond donors (Lipinski definition) is 2. The first kappa shape index (κ1) is 16.3. The van der Waals surface area contributed by atoms with Gasteiger partial charge in [-0.2, -0.15) is 0 Å². The van der Waals surface area contributed by atoms with E-state index in [9.17, 15) is 9.59 Å². The second-order valence-corrected chi connectivity index (χ2v) is 6.11. The SMILES string of the molecule is C=CCOc1ccc(C2CC(=O)Nc3nc(SC)[nH]c(=O)c32)cc1. The normalized spacial score (nSPS) is 16.2. The molecule has 2 aromatic rings. The maximum Gasteiger partial charge on any atom is 0.257 e. The van der Waals surface area contributed by atoms with Crippen LogP contribution >= 0.6 is 11.8 Å². The Balaban J connectivity index is 1.99. The van der Waals surface area contributed by atoms with E-state index >= 15 is 0 Å². The van der Waals surface area contributed by atoms with Gasteiger partial charge in [-0.3, -0.25) is 9.59 Å². The van der Waals surface area contributed by atoms with E-state index in [-0.39, 0.29) is 23.8 Å². The lowest BCUT2D eigenvalue weighted by molar-refractivity contribution is -0.116. The van der Waals surface area contributed by atoms with Crippen molar-refractivity contribution < 1.29 is 9.53 Å². The number of nitrogens with zero attached hydrogens (tertiary/aromatic N) is 1. The first-order valence-electron chi connectivity index (χ1n) is 7.44. The first-order valence-corrected chi connectivity index (χ1v) is 8.66. The highest BCUT2D eigenvalue weighted by atomic mass is 32.2. The van der Waals surface area contributed by atoms with Crippen molar-refractivity contribution in [2.24, 2.45) is 0 Å². The minimum atomic E-state index is -0.325. The summed E-state index contributed by atoms with van der Waals surface area (Å²) in [6, 6.07) is 7.38. The van der Waals surface area contributed by atoms with Crippen molar-refractivity contribution in [3.63, 3.8) is 0 Å². The van der Waals surface area contributed by atoms with Gasteiger partial charge in [-0.15, -0.1) is 0 Å². The van der Waals surface area contributed by atoms with Crippen molar-refractivity contribution in [1.82, 2.24) is 9.97 Å². The maximum atomic E-state index is 12.4. The van der Waals surface area contributed by atoms with Gasteiger partial charge in [0.15, 0.2) is 5.16 Å². The predicted molar refractivity (Wildman–Crippen MR) is 93.9 cm³/mol. The molecule has 0 fully saturated rings. The fraction of sp³-hybridized carbons (Fsp3) is 0.235. The first-order chi connectivity index (χ1) is 11.6. The highest BCUT2D eigenvalue weighted by molar-refractivity contribution is 7.98. The quantitative estimate of drug-likeness (QED) is 0.495. The Morgan fingerprint density at radius 2 is 2.12 bits per heavy atom. The second kappa shape index (κ2) is 6.92. The number of thioether (sulfide) groups is 1. The van der Waals surface area contributed by atoms with Crippen LogP contribution in [0.1, 0.15) is 23.5 Å². The molecule has 0 saturated heterocycles. The van der Waals surface area contributed by atoms with Gasteiger partial charge in [-0.05, 0) is 24.0 Å². The van der Waals surface area contributed by atoms with E-state index in [1.807, 2.05) is 30.5 Å². The summed E-state index contributed by atoms with van der Waals surface area (Å²) in [4.78, 5) is 31.5. The number of carbonyl (C=O) groups is 1. The molecule has 1 aliphatic heterocycles. The minimum Gasteiger partial charge on any atom is -0.490 e. The van der Waals surface area contributed by atoms with Gasteiger partial charge in [-0.1, -0.05) is 36.5 Å². The number of nitrogens with one attached hydrogen (secondary N) is 2. The van der Waals surface area contributed by atoms with Gasteiger partial charge in [0.25, 0.3) is 5.56 Å². The highest BCUT2D eigenvalue weighted by Crippen LogP contribution is 2.34. The molecule has 1 aliphatic rings. The Labute approximate surface area is 143 Å². The molecule has 3 rings (SSSR count). The molecule has 2 N–H and O–H groups in total. The van der Waals surface area contributed by atoms with Crippen LogP contribution in [0.25, 0.3) is 0 Å². The smallest absolute Gasteiger partial charge is 0.257 e. The van der Waals surface area contributed by atoms with Crippen LogP contribution < -0.4 is 15.6 Å². The van der Waals surface area contributed by atoms with Crippen LogP contribution in [0.3, 0.4) is 0 Å². The van der Waals surface area contributed by atoms with Crippen LogP contribution in [0, 0.1) is 0 Å². The molecule has 2 heterocycles. The van der Waals surface area contributed by atoms with E-state index in [0.717, 1.165) is 5.56 Å². The number of H-pyrrole nitrogens is 1. The molecule has 0 aliphatic carbocycles. The lowest BCUT2D eigenvalue weighted by atomic mass is 9.87. The Kier molecular flexibility index (Phi) is 4.71. The summed E-state index contributed by atoms with van der Waals surface area (Å²) in [7, 11) is 0. The van der Waals surface area contributed by atoms with Crippen molar-refractivity contribution >= 4 is 23.5 Å². The van der Waals surface area contributed by atoms with Gasteiger partial charge in [0.05, 0.1) is 5.56 Å². The number of benzene rings is 1. The fourth-order valence-electron chi connectivity index (χ4n) is 2.68. The molecule has 1 unspecified atom stereocenters. The highest BCUT2D eigenvalue weighted by Gasteiger charge is 2.30.